The molecule has 0 aliphatic heterocycles. The van der Waals surface area contributed by atoms with Crippen LogP contribution in [0.2, 0.25) is 0 Å². The first kappa shape index (κ1) is 17.0. The number of likely N-dealkylation sites (N-methyl/N-ethyl adjacent to an activating group) is 1. The Morgan fingerprint density at radius 2 is 1.83 bits per heavy atom. The number of para-hydroxylation sites is 1. The summed E-state index contributed by atoms with van der Waals surface area (Å²) in [6.07, 6.45) is 1.67. The number of esters is 1. The van der Waals surface area contributed by atoms with E-state index in [1.807, 2.05) is 32.0 Å². The first-order valence-corrected chi connectivity index (χ1v) is 7.65. The maximum absolute atomic E-state index is 12.1. The molecule has 1 aliphatic rings. The summed E-state index contributed by atoms with van der Waals surface area (Å²) in [4.78, 5) is 36.6. The van der Waals surface area contributed by atoms with E-state index >= 15 is 0 Å². The maximum Gasteiger partial charge on any atom is 0.309 e. The van der Waals surface area contributed by atoms with Crippen LogP contribution in [0.1, 0.15) is 24.0 Å². The third-order valence-corrected chi connectivity index (χ3v) is 3.80. The number of hydrogen-bond donors (Lipinski definition) is 1. The molecule has 1 saturated carbocycles. The van der Waals surface area contributed by atoms with Gasteiger partial charge in [0.05, 0.1) is 12.5 Å². The smallest absolute Gasteiger partial charge is 0.309 e. The zero-order valence-electron chi connectivity index (χ0n) is 13.7. The van der Waals surface area contributed by atoms with Gasteiger partial charge < -0.3 is 15.0 Å². The van der Waals surface area contributed by atoms with E-state index in [1.165, 1.54) is 11.9 Å². The van der Waals surface area contributed by atoms with Gasteiger partial charge in [-0.15, -0.1) is 0 Å². The number of nitrogens with zero attached hydrogens (tertiary/aromatic N) is 1. The van der Waals surface area contributed by atoms with E-state index in [2.05, 4.69) is 5.32 Å². The van der Waals surface area contributed by atoms with Gasteiger partial charge in [-0.2, -0.15) is 0 Å². The van der Waals surface area contributed by atoms with Crippen molar-refractivity contribution in [2.75, 3.05) is 25.5 Å². The first-order chi connectivity index (χ1) is 10.9. The molecule has 1 fully saturated rings. The van der Waals surface area contributed by atoms with Crippen LogP contribution in [-0.2, 0) is 19.1 Å². The monoisotopic (exact) mass is 318 g/mol. The number of carbonyl (C=O) groups excluding carboxylic acids is 3. The Bertz CT molecular complexity index is 603. The van der Waals surface area contributed by atoms with Crippen LogP contribution >= 0.6 is 0 Å². The van der Waals surface area contributed by atoms with E-state index in [-0.39, 0.29) is 30.9 Å². The number of carbonyl (C=O) groups is 3. The van der Waals surface area contributed by atoms with Gasteiger partial charge in [0.2, 0.25) is 5.91 Å². The van der Waals surface area contributed by atoms with Crippen LogP contribution in [0.4, 0.5) is 5.69 Å². The number of aryl methyl sites for hydroxylation is 2. The lowest BCUT2D eigenvalue weighted by Crippen LogP contribution is -2.37. The van der Waals surface area contributed by atoms with E-state index in [1.54, 1.807) is 0 Å². The fourth-order valence-corrected chi connectivity index (χ4v) is 2.17. The third-order valence-electron chi connectivity index (χ3n) is 3.80. The summed E-state index contributed by atoms with van der Waals surface area (Å²) in [5.41, 5.74) is 2.69. The summed E-state index contributed by atoms with van der Waals surface area (Å²) in [5, 5.41) is 2.82. The molecule has 1 N–H and O–H groups in total. The summed E-state index contributed by atoms with van der Waals surface area (Å²) < 4.78 is 4.93. The molecule has 0 unspecified atom stereocenters. The second-order valence-electron chi connectivity index (χ2n) is 5.95. The fraction of sp³-hybridized carbons (Fsp3) is 0.471. The molecule has 0 heterocycles. The zero-order chi connectivity index (χ0) is 17.0. The molecular weight excluding hydrogens is 296 g/mol. The molecule has 0 radical (unpaired) electrons. The number of amides is 2. The van der Waals surface area contributed by atoms with Gasteiger partial charge in [0, 0.05) is 12.7 Å². The summed E-state index contributed by atoms with van der Waals surface area (Å²) in [6, 6.07) is 5.74. The van der Waals surface area contributed by atoms with Crippen LogP contribution in [0, 0.1) is 19.8 Å². The lowest BCUT2D eigenvalue weighted by molar-refractivity contribution is -0.152. The molecule has 2 amide bonds. The van der Waals surface area contributed by atoms with E-state index in [4.69, 9.17) is 4.74 Å². The molecule has 0 bridgehead atoms. The lowest BCUT2D eigenvalue weighted by Gasteiger charge is -2.18. The van der Waals surface area contributed by atoms with Crippen molar-refractivity contribution in [1.29, 1.82) is 0 Å². The van der Waals surface area contributed by atoms with Crippen molar-refractivity contribution in [3.63, 3.8) is 0 Å². The predicted octanol–water partition coefficient (Wildman–Crippen LogP) is 1.65. The van der Waals surface area contributed by atoms with Gasteiger partial charge in [-0.1, -0.05) is 18.2 Å². The molecule has 6 heteroatoms. The molecule has 124 valence electrons. The molecule has 0 aromatic heterocycles. The summed E-state index contributed by atoms with van der Waals surface area (Å²) in [6.45, 7) is 3.42. The molecule has 0 atom stereocenters. The number of rotatable bonds is 6. The molecule has 23 heavy (non-hydrogen) atoms. The van der Waals surface area contributed by atoms with Gasteiger partial charge in [0.15, 0.2) is 6.61 Å². The van der Waals surface area contributed by atoms with Gasteiger partial charge in [-0.3, -0.25) is 14.4 Å². The molecule has 0 spiro atoms. The van der Waals surface area contributed by atoms with Gasteiger partial charge in [0.1, 0.15) is 0 Å². The Balaban J connectivity index is 1.81. The average molecular weight is 318 g/mol. The predicted molar refractivity (Wildman–Crippen MR) is 85.9 cm³/mol. The van der Waals surface area contributed by atoms with Crippen LogP contribution in [0.25, 0.3) is 0 Å². The lowest BCUT2D eigenvalue weighted by atomic mass is 10.1. The number of benzene rings is 1. The van der Waals surface area contributed by atoms with Crippen molar-refractivity contribution in [3.05, 3.63) is 29.3 Å². The normalized spacial score (nSPS) is 13.3. The molecule has 6 nitrogen and oxygen atoms in total. The van der Waals surface area contributed by atoms with Crippen molar-refractivity contribution < 1.29 is 19.1 Å². The highest BCUT2D eigenvalue weighted by molar-refractivity contribution is 5.96. The van der Waals surface area contributed by atoms with Gasteiger partial charge in [-0.25, -0.2) is 0 Å². The average Bonchev–Trinajstić information content (AvgIpc) is 3.33. The van der Waals surface area contributed by atoms with Gasteiger partial charge in [-0.05, 0) is 37.8 Å². The highest BCUT2D eigenvalue weighted by atomic mass is 16.5. The third kappa shape index (κ3) is 4.81. The Kier molecular flexibility index (Phi) is 5.36. The van der Waals surface area contributed by atoms with E-state index in [0.717, 1.165) is 29.7 Å². The molecule has 1 aromatic rings. The fourth-order valence-electron chi connectivity index (χ4n) is 2.17. The van der Waals surface area contributed by atoms with Crippen LogP contribution in [0.15, 0.2) is 18.2 Å². The van der Waals surface area contributed by atoms with Crippen molar-refractivity contribution in [1.82, 2.24) is 4.90 Å². The van der Waals surface area contributed by atoms with Crippen LogP contribution in [0.3, 0.4) is 0 Å². The van der Waals surface area contributed by atoms with E-state index < -0.39 is 5.91 Å². The Labute approximate surface area is 135 Å². The van der Waals surface area contributed by atoms with Gasteiger partial charge in [0.25, 0.3) is 5.91 Å². The van der Waals surface area contributed by atoms with Crippen molar-refractivity contribution in [2.45, 2.75) is 26.7 Å². The van der Waals surface area contributed by atoms with E-state index in [0.29, 0.717) is 0 Å². The quantitative estimate of drug-likeness (QED) is 0.809. The summed E-state index contributed by atoms with van der Waals surface area (Å²) in [5.74, 6) is -1.05. The molecular formula is C17H22N2O4. The molecule has 1 aromatic carbocycles. The Morgan fingerprint density at radius 1 is 1.22 bits per heavy atom. The Hall–Kier alpha value is -2.37. The molecule has 2 rings (SSSR count). The minimum Gasteiger partial charge on any atom is -0.455 e. The number of ether oxygens (including phenoxy) is 1. The minimum atomic E-state index is -0.393. The van der Waals surface area contributed by atoms with Crippen LogP contribution in [-0.4, -0.2) is 42.9 Å². The second-order valence-corrected chi connectivity index (χ2v) is 5.95. The Morgan fingerprint density at radius 3 is 2.39 bits per heavy atom. The number of nitrogens with one attached hydrogen (secondary N) is 1. The van der Waals surface area contributed by atoms with Crippen LogP contribution in [0.5, 0.6) is 0 Å². The van der Waals surface area contributed by atoms with Crippen molar-refractivity contribution >= 4 is 23.5 Å². The highest BCUT2D eigenvalue weighted by Gasteiger charge is 2.31. The maximum atomic E-state index is 12.1. The standard InChI is InChI=1S/C17H22N2O4/c1-11-5-4-6-12(2)16(11)18-14(20)9-19(3)15(21)10-23-17(22)13-7-8-13/h4-6,13H,7-10H2,1-3H3,(H,18,20). The summed E-state index contributed by atoms with van der Waals surface area (Å²) >= 11 is 0. The topological polar surface area (TPSA) is 75.7 Å². The summed E-state index contributed by atoms with van der Waals surface area (Å²) in [7, 11) is 1.51. The number of anilines is 1. The van der Waals surface area contributed by atoms with Crippen molar-refractivity contribution in [3.8, 4) is 0 Å². The SMILES string of the molecule is Cc1cccc(C)c1NC(=O)CN(C)C(=O)COC(=O)C1CC1. The highest BCUT2D eigenvalue weighted by Crippen LogP contribution is 2.29. The van der Waals surface area contributed by atoms with E-state index in [9.17, 15) is 14.4 Å². The first-order valence-electron chi connectivity index (χ1n) is 7.65. The van der Waals surface area contributed by atoms with Crippen LogP contribution < -0.4 is 5.32 Å². The van der Waals surface area contributed by atoms with Crippen molar-refractivity contribution in [2.24, 2.45) is 5.92 Å². The molecule has 1 aliphatic carbocycles. The second kappa shape index (κ2) is 7.26. The minimum absolute atomic E-state index is 0.0413. The number of hydrogen-bond acceptors (Lipinski definition) is 4. The van der Waals surface area contributed by atoms with Gasteiger partial charge >= 0.3 is 5.97 Å². The zero-order valence-corrected chi connectivity index (χ0v) is 13.7. The molecule has 0 saturated heterocycles. The largest absolute Gasteiger partial charge is 0.455 e.